The number of anilines is 1. The zero-order chi connectivity index (χ0) is 13.1. The van der Waals surface area contributed by atoms with Gasteiger partial charge in [0.25, 0.3) is 0 Å². The molecule has 0 aliphatic rings. The predicted octanol–water partition coefficient (Wildman–Crippen LogP) is 2.19. The summed E-state index contributed by atoms with van der Waals surface area (Å²) in [5.74, 6) is 0.283. The van der Waals surface area contributed by atoms with Crippen LogP contribution in [0.25, 0.3) is 11.3 Å². The molecule has 0 atom stereocenters. The number of esters is 1. The van der Waals surface area contributed by atoms with Crippen LogP contribution in [0.5, 0.6) is 5.75 Å². The van der Waals surface area contributed by atoms with E-state index in [1.54, 1.807) is 7.11 Å². The minimum atomic E-state index is -0.468. The van der Waals surface area contributed by atoms with Crippen molar-refractivity contribution >= 4 is 23.2 Å². The van der Waals surface area contributed by atoms with Gasteiger partial charge in [-0.15, -0.1) is 0 Å². The van der Waals surface area contributed by atoms with Crippen molar-refractivity contribution in [2.75, 3.05) is 20.0 Å². The maximum Gasteiger partial charge on any atom is 0.351 e. The minimum absolute atomic E-state index is 0.323. The van der Waals surface area contributed by atoms with Crippen molar-refractivity contribution in [1.82, 2.24) is 4.37 Å². The van der Waals surface area contributed by atoms with E-state index in [2.05, 4.69) is 9.11 Å². The van der Waals surface area contributed by atoms with Crippen molar-refractivity contribution < 1.29 is 14.3 Å². The zero-order valence-electron chi connectivity index (χ0n) is 9.97. The lowest BCUT2D eigenvalue weighted by molar-refractivity contribution is 0.0607. The summed E-state index contributed by atoms with van der Waals surface area (Å²) in [6.07, 6.45) is 0. The van der Waals surface area contributed by atoms with E-state index in [-0.39, 0.29) is 0 Å². The van der Waals surface area contributed by atoms with Gasteiger partial charge in [-0.1, -0.05) is 0 Å². The first-order valence-corrected chi connectivity index (χ1v) is 5.92. The third kappa shape index (κ3) is 2.14. The lowest BCUT2D eigenvalue weighted by Gasteiger charge is -2.02. The fraction of sp³-hybridized carbons (Fsp3) is 0.167. The number of nitrogens with two attached hydrogens (primary N) is 1. The van der Waals surface area contributed by atoms with E-state index in [4.69, 9.17) is 10.5 Å². The number of rotatable bonds is 3. The van der Waals surface area contributed by atoms with E-state index in [1.807, 2.05) is 24.3 Å². The highest BCUT2D eigenvalue weighted by atomic mass is 32.1. The van der Waals surface area contributed by atoms with Crippen LogP contribution < -0.4 is 10.5 Å². The molecule has 0 aliphatic carbocycles. The summed E-state index contributed by atoms with van der Waals surface area (Å²) in [6, 6.07) is 7.30. The highest BCUT2D eigenvalue weighted by Gasteiger charge is 2.18. The van der Waals surface area contributed by atoms with E-state index in [0.717, 1.165) is 22.8 Å². The molecular weight excluding hydrogens is 252 g/mol. The quantitative estimate of drug-likeness (QED) is 0.860. The van der Waals surface area contributed by atoms with Gasteiger partial charge in [0.1, 0.15) is 11.4 Å². The minimum Gasteiger partial charge on any atom is -0.497 e. The fourth-order valence-electron chi connectivity index (χ4n) is 1.49. The van der Waals surface area contributed by atoms with E-state index in [9.17, 15) is 4.79 Å². The highest BCUT2D eigenvalue weighted by molar-refractivity contribution is 7.09. The van der Waals surface area contributed by atoms with Crippen molar-refractivity contribution in [3.05, 3.63) is 29.1 Å². The molecule has 0 aliphatic heterocycles. The molecule has 2 rings (SSSR count). The molecule has 2 aromatic rings. The SMILES string of the molecule is COC(=O)c1snc(-c2ccc(OC)cc2)c1N. The number of carbonyl (C=O) groups is 1. The molecule has 1 heterocycles. The van der Waals surface area contributed by atoms with Crippen molar-refractivity contribution in [3.63, 3.8) is 0 Å². The number of aromatic nitrogens is 1. The van der Waals surface area contributed by atoms with Crippen molar-refractivity contribution in [1.29, 1.82) is 0 Å². The maximum atomic E-state index is 11.4. The second-order valence-electron chi connectivity index (χ2n) is 3.49. The van der Waals surface area contributed by atoms with Crippen LogP contribution in [0.4, 0.5) is 5.69 Å². The third-order valence-electron chi connectivity index (χ3n) is 2.46. The van der Waals surface area contributed by atoms with Crippen LogP contribution in [-0.2, 0) is 4.74 Å². The Bertz CT molecular complexity index is 563. The summed E-state index contributed by atoms with van der Waals surface area (Å²) in [5, 5.41) is 0. The second-order valence-corrected chi connectivity index (χ2v) is 4.27. The van der Waals surface area contributed by atoms with Gasteiger partial charge in [-0.2, -0.15) is 4.37 Å². The van der Waals surface area contributed by atoms with Gasteiger partial charge in [0.05, 0.1) is 19.9 Å². The molecule has 1 aromatic carbocycles. The number of benzene rings is 1. The molecule has 94 valence electrons. The number of methoxy groups -OCH3 is 2. The Hall–Kier alpha value is -2.08. The molecule has 1 aromatic heterocycles. The van der Waals surface area contributed by atoms with E-state index >= 15 is 0 Å². The number of hydrogen-bond acceptors (Lipinski definition) is 6. The van der Waals surface area contributed by atoms with Gasteiger partial charge >= 0.3 is 5.97 Å². The summed E-state index contributed by atoms with van der Waals surface area (Å²) >= 11 is 1.03. The smallest absolute Gasteiger partial charge is 0.351 e. The first-order chi connectivity index (χ1) is 8.67. The van der Waals surface area contributed by atoms with Crippen LogP contribution in [0.3, 0.4) is 0 Å². The fourth-order valence-corrected chi connectivity index (χ4v) is 2.23. The van der Waals surface area contributed by atoms with E-state index in [1.165, 1.54) is 7.11 Å². The number of carbonyl (C=O) groups excluding carboxylic acids is 1. The highest BCUT2D eigenvalue weighted by Crippen LogP contribution is 2.31. The van der Waals surface area contributed by atoms with Gasteiger partial charge in [-0.3, -0.25) is 0 Å². The molecule has 0 amide bonds. The molecule has 0 saturated heterocycles. The van der Waals surface area contributed by atoms with Crippen molar-refractivity contribution in [3.8, 4) is 17.0 Å². The Balaban J connectivity index is 2.39. The van der Waals surface area contributed by atoms with Crippen molar-refractivity contribution in [2.45, 2.75) is 0 Å². The normalized spacial score (nSPS) is 10.1. The number of hydrogen-bond donors (Lipinski definition) is 1. The predicted molar refractivity (Wildman–Crippen MR) is 69.9 cm³/mol. The van der Waals surface area contributed by atoms with E-state index < -0.39 is 5.97 Å². The molecule has 0 radical (unpaired) electrons. The summed E-state index contributed by atoms with van der Waals surface area (Å²) < 4.78 is 13.9. The van der Waals surface area contributed by atoms with Crippen LogP contribution in [-0.4, -0.2) is 24.6 Å². The summed E-state index contributed by atoms with van der Waals surface area (Å²) in [7, 11) is 2.91. The Morgan fingerprint density at radius 2 is 1.94 bits per heavy atom. The summed E-state index contributed by atoms with van der Waals surface area (Å²) in [5.41, 5.74) is 7.66. The molecule has 0 spiro atoms. The monoisotopic (exact) mass is 264 g/mol. The van der Waals surface area contributed by atoms with Gasteiger partial charge in [0.2, 0.25) is 0 Å². The molecule has 18 heavy (non-hydrogen) atoms. The van der Waals surface area contributed by atoms with Gasteiger partial charge in [-0.05, 0) is 35.8 Å². The van der Waals surface area contributed by atoms with E-state index in [0.29, 0.717) is 16.3 Å². The molecule has 0 bridgehead atoms. The maximum absolute atomic E-state index is 11.4. The Morgan fingerprint density at radius 1 is 1.28 bits per heavy atom. The molecule has 6 heteroatoms. The molecule has 0 unspecified atom stereocenters. The van der Waals surface area contributed by atoms with Crippen LogP contribution in [0, 0.1) is 0 Å². The average molecular weight is 264 g/mol. The lowest BCUT2D eigenvalue weighted by atomic mass is 10.1. The Labute approximate surface area is 108 Å². The largest absolute Gasteiger partial charge is 0.497 e. The Kier molecular flexibility index (Phi) is 3.47. The first kappa shape index (κ1) is 12.4. The average Bonchev–Trinajstić information content (AvgIpc) is 2.80. The summed E-state index contributed by atoms with van der Waals surface area (Å²) in [4.78, 5) is 11.8. The van der Waals surface area contributed by atoms with Crippen LogP contribution in [0.15, 0.2) is 24.3 Å². The van der Waals surface area contributed by atoms with Gasteiger partial charge in [0, 0.05) is 5.56 Å². The van der Waals surface area contributed by atoms with Crippen molar-refractivity contribution in [2.24, 2.45) is 0 Å². The standard InChI is InChI=1S/C12H12N2O3S/c1-16-8-5-3-7(4-6-8)10-9(13)11(18-14-10)12(15)17-2/h3-6H,13H2,1-2H3. The van der Waals surface area contributed by atoms with Gasteiger partial charge in [0.15, 0.2) is 4.88 Å². The zero-order valence-corrected chi connectivity index (χ0v) is 10.8. The van der Waals surface area contributed by atoms with Crippen LogP contribution >= 0.6 is 11.5 Å². The van der Waals surface area contributed by atoms with Crippen LogP contribution in [0.2, 0.25) is 0 Å². The first-order valence-electron chi connectivity index (χ1n) is 5.15. The summed E-state index contributed by atoms with van der Waals surface area (Å²) in [6.45, 7) is 0. The number of ether oxygens (including phenoxy) is 2. The number of nitrogen functional groups attached to an aromatic ring is 1. The van der Waals surface area contributed by atoms with Crippen LogP contribution in [0.1, 0.15) is 9.67 Å². The molecule has 2 N–H and O–H groups in total. The molecule has 0 saturated carbocycles. The topological polar surface area (TPSA) is 74.4 Å². The number of nitrogens with zero attached hydrogens (tertiary/aromatic N) is 1. The Morgan fingerprint density at radius 3 is 2.50 bits per heavy atom. The second kappa shape index (κ2) is 5.05. The lowest BCUT2D eigenvalue weighted by Crippen LogP contribution is -2.02. The molecular formula is C12H12N2O3S. The third-order valence-corrected chi connectivity index (χ3v) is 3.31. The molecule has 0 fully saturated rings. The molecule has 5 nitrogen and oxygen atoms in total. The van der Waals surface area contributed by atoms with Gasteiger partial charge < -0.3 is 15.2 Å². The van der Waals surface area contributed by atoms with Gasteiger partial charge in [-0.25, -0.2) is 4.79 Å².